The highest BCUT2D eigenvalue weighted by atomic mass is 35.5. The summed E-state index contributed by atoms with van der Waals surface area (Å²) in [7, 11) is 0. The molecule has 0 amide bonds. The Morgan fingerprint density at radius 2 is 1.90 bits per heavy atom. The van der Waals surface area contributed by atoms with E-state index in [-0.39, 0.29) is 16.1 Å². The van der Waals surface area contributed by atoms with E-state index in [1.54, 1.807) is 0 Å². The third-order valence-corrected chi connectivity index (χ3v) is 3.83. The summed E-state index contributed by atoms with van der Waals surface area (Å²) in [6.07, 6.45) is 0. The summed E-state index contributed by atoms with van der Waals surface area (Å²) in [5.41, 5.74) is 5.99. The van der Waals surface area contributed by atoms with Gasteiger partial charge in [-0.1, -0.05) is 37.0 Å². The summed E-state index contributed by atoms with van der Waals surface area (Å²) in [6.45, 7) is 7.65. The molecule has 0 atom stereocenters. The maximum atomic E-state index is 11.2. The summed E-state index contributed by atoms with van der Waals surface area (Å²) < 4.78 is 0. The number of benzene rings is 1. The van der Waals surface area contributed by atoms with E-state index in [2.05, 4.69) is 0 Å². The lowest BCUT2D eigenvalue weighted by molar-refractivity contribution is -0.384. The lowest BCUT2D eigenvalue weighted by atomic mass is 9.93. The average molecular weight is 320 g/mol. The molecule has 0 heterocycles. The zero-order valence-electron chi connectivity index (χ0n) is 11.8. The molecule has 0 spiro atoms. The summed E-state index contributed by atoms with van der Waals surface area (Å²) in [4.78, 5) is 12.6. The molecule has 1 rings (SSSR count). The van der Waals surface area contributed by atoms with Crippen LogP contribution >= 0.6 is 23.2 Å². The number of rotatable bonds is 6. The van der Waals surface area contributed by atoms with E-state index in [0.717, 1.165) is 0 Å². The molecule has 0 aliphatic carbocycles. The van der Waals surface area contributed by atoms with Crippen LogP contribution in [-0.2, 0) is 0 Å². The molecule has 5 nitrogen and oxygen atoms in total. The topological polar surface area (TPSA) is 72.4 Å². The molecular formula is C13H19Cl2N3O2. The van der Waals surface area contributed by atoms with Crippen molar-refractivity contribution in [1.29, 1.82) is 0 Å². The molecular weight excluding hydrogens is 301 g/mol. The van der Waals surface area contributed by atoms with Crippen molar-refractivity contribution in [2.24, 2.45) is 11.1 Å². The van der Waals surface area contributed by atoms with Gasteiger partial charge in [0.2, 0.25) is 0 Å². The van der Waals surface area contributed by atoms with Crippen LogP contribution in [0.25, 0.3) is 0 Å². The number of nitro groups is 1. The van der Waals surface area contributed by atoms with Crippen molar-refractivity contribution < 1.29 is 4.92 Å². The molecule has 1 aromatic carbocycles. The zero-order chi connectivity index (χ0) is 15.5. The smallest absolute Gasteiger partial charge is 0.294 e. The maximum absolute atomic E-state index is 11.2. The van der Waals surface area contributed by atoms with Crippen molar-refractivity contribution >= 4 is 34.6 Å². The predicted molar refractivity (Wildman–Crippen MR) is 83.8 cm³/mol. The minimum atomic E-state index is -0.449. The number of nitro benzene ring substituents is 1. The van der Waals surface area contributed by atoms with E-state index < -0.39 is 4.92 Å². The van der Waals surface area contributed by atoms with Gasteiger partial charge < -0.3 is 10.6 Å². The first-order valence-electron chi connectivity index (χ1n) is 6.30. The summed E-state index contributed by atoms with van der Waals surface area (Å²) in [5.74, 6) is 0. The van der Waals surface area contributed by atoms with Gasteiger partial charge in [0.1, 0.15) is 5.69 Å². The SMILES string of the molecule is CCN(CC(C)(C)CN)c1cc(Cl)c(Cl)cc1[N+](=O)[O-]. The number of halogens is 2. The molecule has 0 unspecified atom stereocenters. The Labute approximate surface area is 128 Å². The van der Waals surface area contributed by atoms with Crippen LogP contribution in [0.4, 0.5) is 11.4 Å². The number of anilines is 1. The quantitative estimate of drug-likeness (QED) is 0.640. The summed E-state index contributed by atoms with van der Waals surface area (Å²) in [6, 6.07) is 2.83. The van der Waals surface area contributed by atoms with Crippen molar-refractivity contribution in [2.45, 2.75) is 20.8 Å². The fourth-order valence-electron chi connectivity index (χ4n) is 1.87. The van der Waals surface area contributed by atoms with Crippen LogP contribution in [0.1, 0.15) is 20.8 Å². The number of nitrogens with zero attached hydrogens (tertiary/aromatic N) is 2. The molecule has 0 aliphatic rings. The van der Waals surface area contributed by atoms with Crippen LogP contribution in [-0.4, -0.2) is 24.6 Å². The maximum Gasteiger partial charge on any atom is 0.294 e. The molecule has 1 aromatic rings. The Morgan fingerprint density at radius 3 is 2.35 bits per heavy atom. The fraction of sp³-hybridized carbons (Fsp3) is 0.538. The van der Waals surface area contributed by atoms with Gasteiger partial charge >= 0.3 is 0 Å². The first-order chi connectivity index (χ1) is 9.21. The van der Waals surface area contributed by atoms with Crippen LogP contribution in [0, 0.1) is 15.5 Å². The van der Waals surface area contributed by atoms with Gasteiger partial charge in [-0.2, -0.15) is 0 Å². The van der Waals surface area contributed by atoms with Gasteiger partial charge in [-0.15, -0.1) is 0 Å². The van der Waals surface area contributed by atoms with Crippen molar-refractivity contribution in [3.8, 4) is 0 Å². The highest BCUT2D eigenvalue weighted by molar-refractivity contribution is 6.42. The van der Waals surface area contributed by atoms with E-state index in [1.807, 2.05) is 25.7 Å². The minimum Gasteiger partial charge on any atom is -0.366 e. The largest absolute Gasteiger partial charge is 0.366 e. The zero-order valence-corrected chi connectivity index (χ0v) is 13.3. The Bertz CT molecular complexity index is 507. The standard InChI is InChI=1S/C13H19Cl2N3O2/c1-4-17(8-13(2,3)7-16)11-5-9(14)10(15)6-12(11)18(19)20/h5-6H,4,7-8,16H2,1-3H3. The normalized spacial score (nSPS) is 11.5. The van der Waals surface area contributed by atoms with Crippen molar-refractivity contribution in [2.75, 3.05) is 24.5 Å². The third kappa shape index (κ3) is 3.98. The molecule has 0 aliphatic heterocycles. The first kappa shape index (κ1) is 17.0. The molecule has 0 saturated heterocycles. The average Bonchev–Trinajstić information content (AvgIpc) is 2.38. The highest BCUT2D eigenvalue weighted by Crippen LogP contribution is 2.37. The van der Waals surface area contributed by atoms with E-state index >= 15 is 0 Å². The first-order valence-corrected chi connectivity index (χ1v) is 7.06. The van der Waals surface area contributed by atoms with Gasteiger partial charge in [0, 0.05) is 19.2 Å². The van der Waals surface area contributed by atoms with Crippen molar-refractivity contribution in [3.05, 3.63) is 32.3 Å². The highest BCUT2D eigenvalue weighted by Gasteiger charge is 2.26. The van der Waals surface area contributed by atoms with Crippen LogP contribution in [0.15, 0.2) is 12.1 Å². The Hall–Kier alpha value is -1.04. The van der Waals surface area contributed by atoms with Crippen molar-refractivity contribution in [3.63, 3.8) is 0 Å². The molecule has 2 N–H and O–H groups in total. The van der Waals surface area contributed by atoms with Gasteiger partial charge in [-0.3, -0.25) is 10.1 Å². The van der Waals surface area contributed by atoms with Crippen LogP contribution < -0.4 is 10.6 Å². The van der Waals surface area contributed by atoms with E-state index in [1.165, 1.54) is 12.1 Å². The molecule has 0 aromatic heterocycles. The third-order valence-electron chi connectivity index (χ3n) is 3.11. The van der Waals surface area contributed by atoms with Crippen molar-refractivity contribution in [1.82, 2.24) is 0 Å². The Balaban J connectivity index is 3.27. The van der Waals surface area contributed by atoms with Gasteiger partial charge in [0.05, 0.1) is 15.0 Å². The second-order valence-electron chi connectivity index (χ2n) is 5.39. The molecule has 0 saturated carbocycles. The lowest BCUT2D eigenvalue weighted by Gasteiger charge is -2.32. The molecule has 0 radical (unpaired) electrons. The Morgan fingerprint density at radius 1 is 1.35 bits per heavy atom. The van der Waals surface area contributed by atoms with Crippen LogP contribution in [0.2, 0.25) is 10.0 Å². The second kappa shape index (κ2) is 6.61. The van der Waals surface area contributed by atoms with E-state index in [0.29, 0.717) is 30.3 Å². The minimum absolute atomic E-state index is 0.0472. The molecule has 0 fully saturated rings. The van der Waals surface area contributed by atoms with Crippen LogP contribution in [0.3, 0.4) is 0 Å². The summed E-state index contributed by atoms with van der Waals surface area (Å²) in [5, 5.41) is 11.7. The van der Waals surface area contributed by atoms with Gasteiger partial charge in [-0.25, -0.2) is 0 Å². The molecule has 0 bridgehead atoms. The van der Waals surface area contributed by atoms with Crippen LogP contribution in [0.5, 0.6) is 0 Å². The monoisotopic (exact) mass is 319 g/mol. The number of nitrogens with two attached hydrogens (primary N) is 1. The Kier molecular flexibility index (Phi) is 5.62. The lowest BCUT2D eigenvalue weighted by Crippen LogP contribution is -2.39. The van der Waals surface area contributed by atoms with E-state index in [4.69, 9.17) is 28.9 Å². The predicted octanol–water partition coefficient (Wildman–Crippen LogP) is 3.71. The van der Waals surface area contributed by atoms with Gasteiger partial charge in [0.15, 0.2) is 0 Å². The molecule has 112 valence electrons. The number of hydrogen-bond acceptors (Lipinski definition) is 4. The summed E-state index contributed by atoms with van der Waals surface area (Å²) >= 11 is 11.9. The fourth-order valence-corrected chi connectivity index (χ4v) is 2.19. The van der Waals surface area contributed by atoms with Gasteiger partial charge in [0.25, 0.3) is 5.69 Å². The molecule has 20 heavy (non-hydrogen) atoms. The number of hydrogen-bond donors (Lipinski definition) is 1. The van der Waals surface area contributed by atoms with E-state index in [9.17, 15) is 10.1 Å². The molecule has 7 heteroatoms. The second-order valence-corrected chi connectivity index (χ2v) is 6.21. The van der Waals surface area contributed by atoms with Gasteiger partial charge in [-0.05, 0) is 24.9 Å².